The van der Waals surface area contributed by atoms with E-state index in [1.54, 1.807) is 29.2 Å². The van der Waals surface area contributed by atoms with Crippen molar-refractivity contribution in [1.82, 2.24) is 4.98 Å². The van der Waals surface area contributed by atoms with E-state index in [9.17, 15) is 4.39 Å². The lowest BCUT2D eigenvalue weighted by atomic mass is 10.3. The number of aromatic nitrogens is 1. The van der Waals surface area contributed by atoms with Gasteiger partial charge in [-0.05, 0) is 30.3 Å². The summed E-state index contributed by atoms with van der Waals surface area (Å²) >= 11 is 3.26. The summed E-state index contributed by atoms with van der Waals surface area (Å²) in [5.41, 5.74) is 7.28. The lowest BCUT2D eigenvalue weighted by molar-refractivity contribution is 0.627. The molecule has 0 aliphatic rings. The molecule has 0 bridgehead atoms. The van der Waals surface area contributed by atoms with Crippen LogP contribution in [0.3, 0.4) is 0 Å². The van der Waals surface area contributed by atoms with Crippen molar-refractivity contribution in [3.63, 3.8) is 0 Å². The molecule has 3 aromatic rings. The summed E-state index contributed by atoms with van der Waals surface area (Å²) in [6, 6.07) is 12.5. The van der Waals surface area contributed by atoms with Crippen molar-refractivity contribution in [2.45, 2.75) is 10.6 Å². The van der Waals surface area contributed by atoms with Gasteiger partial charge in [0, 0.05) is 10.6 Å². The Bertz CT molecular complexity index is 691. The molecule has 0 radical (unpaired) electrons. The van der Waals surface area contributed by atoms with E-state index < -0.39 is 0 Å². The van der Waals surface area contributed by atoms with Gasteiger partial charge >= 0.3 is 0 Å². The van der Waals surface area contributed by atoms with Crippen molar-refractivity contribution in [2.24, 2.45) is 0 Å². The molecule has 0 aliphatic heterocycles. The Balaban J connectivity index is 1.78. The summed E-state index contributed by atoms with van der Waals surface area (Å²) < 4.78 is 14.1. The van der Waals surface area contributed by atoms with Crippen LogP contribution in [0, 0.1) is 5.82 Å². The average molecular weight is 290 g/mol. The van der Waals surface area contributed by atoms with Gasteiger partial charge in [-0.2, -0.15) is 0 Å². The van der Waals surface area contributed by atoms with Crippen LogP contribution >= 0.6 is 23.1 Å². The zero-order valence-corrected chi connectivity index (χ0v) is 11.6. The van der Waals surface area contributed by atoms with Gasteiger partial charge in [0.25, 0.3) is 0 Å². The van der Waals surface area contributed by atoms with Crippen molar-refractivity contribution in [3.05, 3.63) is 53.3 Å². The molecule has 0 unspecified atom stereocenters. The average Bonchev–Trinajstić information content (AvgIpc) is 2.80. The smallest absolute Gasteiger partial charge is 0.125 e. The first-order valence-electron chi connectivity index (χ1n) is 5.74. The number of thioether (sulfide) groups is 1. The van der Waals surface area contributed by atoms with E-state index in [0.29, 0.717) is 5.69 Å². The summed E-state index contributed by atoms with van der Waals surface area (Å²) in [4.78, 5) is 5.45. The van der Waals surface area contributed by atoms with Crippen LogP contribution in [0.4, 0.5) is 10.1 Å². The molecule has 96 valence electrons. The van der Waals surface area contributed by atoms with Gasteiger partial charge in [-0.15, -0.1) is 23.1 Å². The molecular weight excluding hydrogens is 279 g/mol. The second-order valence-electron chi connectivity index (χ2n) is 4.05. The molecule has 2 nitrogen and oxygen atoms in total. The maximum absolute atomic E-state index is 13.0. The maximum atomic E-state index is 13.0. The fourth-order valence-corrected chi connectivity index (χ4v) is 3.68. The molecule has 2 aromatic carbocycles. The van der Waals surface area contributed by atoms with Crippen LogP contribution in [0.15, 0.2) is 47.4 Å². The molecule has 0 atom stereocenters. The van der Waals surface area contributed by atoms with Crippen LogP contribution in [0.1, 0.15) is 5.01 Å². The number of anilines is 1. The normalized spacial score (nSPS) is 11.0. The third kappa shape index (κ3) is 2.72. The first-order valence-corrected chi connectivity index (χ1v) is 7.55. The summed E-state index contributed by atoms with van der Waals surface area (Å²) in [5, 5.41) is 1.05. The summed E-state index contributed by atoms with van der Waals surface area (Å²) in [5.74, 6) is 0.441. The van der Waals surface area contributed by atoms with E-state index in [0.717, 1.165) is 21.2 Å². The third-order valence-electron chi connectivity index (χ3n) is 2.66. The Labute approximate surface area is 118 Å². The lowest BCUT2D eigenvalue weighted by Gasteiger charge is -2.03. The van der Waals surface area contributed by atoms with Crippen LogP contribution < -0.4 is 5.73 Å². The Hall–Kier alpha value is -1.59. The fraction of sp³-hybridized carbons (Fsp3) is 0.0714. The molecule has 2 N–H and O–H groups in total. The van der Waals surface area contributed by atoms with Crippen molar-refractivity contribution in [2.75, 3.05) is 5.73 Å². The van der Waals surface area contributed by atoms with Gasteiger partial charge in [0.05, 0.1) is 16.0 Å². The van der Waals surface area contributed by atoms with Crippen molar-refractivity contribution >= 4 is 39.0 Å². The minimum Gasteiger partial charge on any atom is -0.398 e. The number of rotatable bonds is 3. The molecule has 0 spiro atoms. The van der Waals surface area contributed by atoms with Crippen molar-refractivity contribution in [1.29, 1.82) is 0 Å². The predicted octanol–water partition coefficient (Wildman–Crippen LogP) is 4.31. The zero-order valence-electron chi connectivity index (χ0n) is 9.97. The molecule has 3 rings (SSSR count). The first-order chi connectivity index (χ1) is 9.22. The Kier molecular flexibility index (Phi) is 3.40. The monoisotopic (exact) mass is 290 g/mol. The van der Waals surface area contributed by atoms with Gasteiger partial charge in [0.2, 0.25) is 0 Å². The van der Waals surface area contributed by atoms with E-state index in [1.165, 1.54) is 16.8 Å². The number of hydrogen-bond acceptors (Lipinski definition) is 4. The summed E-state index contributed by atoms with van der Waals surface area (Å²) in [6.45, 7) is 0. The lowest BCUT2D eigenvalue weighted by Crippen LogP contribution is -1.90. The minimum absolute atomic E-state index is 0.304. The second-order valence-corrected chi connectivity index (χ2v) is 6.18. The molecule has 0 amide bonds. The third-order valence-corrected chi connectivity index (χ3v) is 4.98. The number of halogens is 1. The van der Waals surface area contributed by atoms with Crippen LogP contribution in [-0.2, 0) is 5.75 Å². The molecule has 0 fully saturated rings. The summed E-state index contributed by atoms with van der Waals surface area (Å²) in [7, 11) is 0. The van der Waals surface area contributed by atoms with Gasteiger partial charge in [0.15, 0.2) is 0 Å². The van der Waals surface area contributed by atoms with Gasteiger partial charge in [-0.3, -0.25) is 0 Å². The number of para-hydroxylation sites is 1. The molecule has 0 aliphatic carbocycles. The largest absolute Gasteiger partial charge is 0.398 e. The number of fused-ring (bicyclic) bond motifs is 1. The van der Waals surface area contributed by atoms with Crippen molar-refractivity contribution in [3.8, 4) is 0 Å². The Morgan fingerprint density at radius 3 is 2.84 bits per heavy atom. The molecule has 0 saturated carbocycles. The fourth-order valence-electron chi connectivity index (χ4n) is 1.77. The molecule has 1 heterocycles. The number of hydrogen-bond donors (Lipinski definition) is 1. The molecule has 1 aromatic heterocycles. The van der Waals surface area contributed by atoms with Crippen LogP contribution in [0.25, 0.3) is 10.2 Å². The van der Waals surface area contributed by atoms with Gasteiger partial charge < -0.3 is 5.73 Å². The minimum atomic E-state index is -0.304. The van der Waals surface area contributed by atoms with Gasteiger partial charge in [0.1, 0.15) is 10.8 Å². The molecule has 0 saturated heterocycles. The molecule has 19 heavy (non-hydrogen) atoms. The number of thiazole rings is 1. The van der Waals surface area contributed by atoms with Crippen molar-refractivity contribution < 1.29 is 4.39 Å². The van der Waals surface area contributed by atoms with Gasteiger partial charge in [-0.1, -0.05) is 12.1 Å². The highest BCUT2D eigenvalue weighted by Crippen LogP contribution is 2.31. The quantitative estimate of drug-likeness (QED) is 0.577. The Morgan fingerprint density at radius 2 is 2.05 bits per heavy atom. The standard InChI is InChI=1S/C14H11FN2S2/c15-9-5-6-12(10(16)7-9)18-8-14-17-11-3-1-2-4-13(11)19-14/h1-7H,8,16H2. The SMILES string of the molecule is Nc1cc(F)ccc1SCc1nc2ccccc2s1. The number of benzene rings is 2. The van der Waals surface area contributed by atoms with E-state index in [4.69, 9.17) is 5.73 Å². The molecule has 5 heteroatoms. The Morgan fingerprint density at radius 1 is 1.21 bits per heavy atom. The van der Waals surface area contributed by atoms with E-state index in [2.05, 4.69) is 11.1 Å². The van der Waals surface area contributed by atoms with Crippen LogP contribution in [0.2, 0.25) is 0 Å². The van der Waals surface area contributed by atoms with Crippen LogP contribution in [0.5, 0.6) is 0 Å². The number of nitrogens with zero attached hydrogens (tertiary/aromatic N) is 1. The van der Waals surface area contributed by atoms with E-state index in [1.807, 2.05) is 18.2 Å². The second kappa shape index (κ2) is 5.19. The van der Waals surface area contributed by atoms with Gasteiger partial charge in [-0.25, -0.2) is 9.37 Å². The highest BCUT2D eigenvalue weighted by molar-refractivity contribution is 7.98. The zero-order chi connectivity index (χ0) is 13.2. The predicted molar refractivity (Wildman–Crippen MR) is 80.0 cm³/mol. The highest BCUT2D eigenvalue weighted by atomic mass is 32.2. The highest BCUT2D eigenvalue weighted by Gasteiger charge is 2.06. The summed E-state index contributed by atoms with van der Waals surface area (Å²) in [6.07, 6.45) is 0. The number of nitrogen functional groups attached to an aromatic ring is 1. The topological polar surface area (TPSA) is 38.9 Å². The first kappa shape index (κ1) is 12.4. The number of nitrogens with two attached hydrogens (primary N) is 1. The van der Waals surface area contributed by atoms with Crippen LogP contribution in [-0.4, -0.2) is 4.98 Å². The van der Waals surface area contributed by atoms with E-state index >= 15 is 0 Å². The maximum Gasteiger partial charge on any atom is 0.125 e. The van der Waals surface area contributed by atoms with E-state index in [-0.39, 0.29) is 5.82 Å². The molecular formula is C14H11FN2S2.